The number of alkyl halides is 2. The van der Waals surface area contributed by atoms with Crippen molar-refractivity contribution in [2.45, 2.75) is 63.4 Å². The molecule has 44 heavy (non-hydrogen) atoms. The van der Waals surface area contributed by atoms with E-state index in [-0.39, 0.29) is 22.7 Å². The summed E-state index contributed by atoms with van der Waals surface area (Å²) in [7, 11) is 0. The molecule has 0 saturated carbocycles. The van der Waals surface area contributed by atoms with Gasteiger partial charge in [-0.25, -0.2) is 28.8 Å². The lowest BCUT2D eigenvalue weighted by Crippen LogP contribution is -2.53. The van der Waals surface area contributed by atoms with Gasteiger partial charge in [0.15, 0.2) is 23.3 Å². The van der Waals surface area contributed by atoms with Crippen LogP contribution < -0.4 is 15.3 Å². The molecule has 236 valence electrons. The minimum atomic E-state index is -3.89. The number of nitrogens with two attached hydrogens (primary N) is 1. The molecule has 0 spiro atoms. The first-order chi connectivity index (χ1) is 20.8. The first kappa shape index (κ1) is 32.0. The van der Waals surface area contributed by atoms with Crippen LogP contribution in [-0.2, 0) is 30.6 Å². The van der Waals surface area contributed by atoms with E-state index in [0.717, 1.165) is 16.3 Å². The lowest BCUT2D eigenvalue weighted by molar-refractivity contribution is -0.191. The number of ether oxygens (including phenoxy) is 2. The molecule has 2 aromatic carbocycles. The van der Waals surface area contributed by atoms with Crippen molar-refractivity contribution in [3.05, 3.63) is 55.1 Å². The van der Waals surface area contributed by atoms with Gasteiger partial charge in [0.25, 0.3) is 6.43 Å². The Bertz CT molecular complexity index is 1710. The zero-order chi connectivity index (χ0) is 31.8. The van der Waals surface area contributed by atoms with Gasteiger partial charge < -0.3 is 34.5 Å². The van der Waals surface area contributed by atoms with E-state index in [1.54, 1.807) is 38.1 Å². The maximum Gasteiger partial charge on any atom is 0.323 e. The lowest BCUT2D eigenvalue weighted by atomic mass is 9.96. The molecule has 1 aliphatic heterocycles. The van der Waals surface area contributed by atoms with Gasteiger partial charge in [-0.05, 0) is 44.0 Å². The van der Waals surface area contributed by atoms with Crippen molar-refractivity contribution in [1.29, 1.82) is 0 Å². The summed E-state index contributed by atoms with van der Waals surface area (Å²) in [5, 5.41) is 26.2. The zero-order valence-corrected chi connectivity index (χ0v) is 25.5. The highest BCUT2D eigenvalue weighted by Crippen LogP contribution is 2.50. The molecule has 5 N–H and O–H groups in total. The number of rotatable bonds is 11. The number of hydrogen-bond donors (Lipinski definition) is 4. The van der Waals surface area contributed by atoms with Crippen LogP contribution in [0, 0.1) is 0 Å². The van der Waals surface area contributed by atoms with Crippen molar-refractivity contribution in [2.24, 2.45) is 0 Å². The van der Waals surface area contributed by atoms with Gasteiger partial charge in [-0.2, -0.15) is 0 Å². The van der Waals surface area contributed by atoms with Crippen molar-refractivity contribution in [3.8, 4) is 5.75 Å². The fraction of sp³-hybridized carbons (Fsp3) is 0.407. The molecular formula is C27H31F2N6O7PS. The quantitative estimate of drug-likeness (QED) is 0.138. The predicted octanol–water partition coefficient (Wildman–Crippen LogP) is 3.07. The Morgan fingerprint density at radius 3 is 2.64 bits per heavy atom. The van der Waals surface area contributed by atoms with Crippen LogP contribution in [0.3, 0.4) is 0 Å². The van der Waals surface area contributed by atoms with E-state index in [0.29, 0.717) is 5.39 Å². The first-order valence-electron chi connectivity index (χ1n) is 13.5. The number of carbonyl (C=O) groups excluding carboxylic acids is 1. The second kappa shape index (κ2) is 12.6. The number of benzene rings is 2. The van der Waals surface area contributed by atoms with Gasteiger partial charge >= 0.3 is 12.6 Å². The van der Waals surface area contributed by atoms with E-state index in [9.17, 15) is 23.8 Å². The van der Waals surface area contributed by atoms with E-state index in [4.69, 9.17) is 36.1 Å². The van der Waals surface area contributed by atoms with Gasteiger partial charge in [-0.1, -0.05) is 36.4 Å². The molecule has 6 unspecified atom stereocenters. The highest BCUT2D eigenvalue weighted by atomic mass is 32.5. The van der Waals surface area contributed by atoms with Crippen LogP contribution in [0.5, 0.6) is 5.75 Å². The molecule has 0 amide bonds. The molecule has 6 atom stereocenters. The van der Waals surface area contributed by atoms with Crippen LogP contribution in [0.15, 0.2) is 55.1 Å². The molecule has 0 bridgehead atoms. The van der Waals surface area contributed by atoms with Crippen molar-refractivity contribution < 1.29 is 42.3 Å². The predicted molar refractivity (Wildman–Crippen MR) is 159 cm³/mol. The highest BCUT2D eigenvalue weighted by Gasteiger charge is 2.61. The Balaban J connectivity index is 1.47. The fourth-order valence-corrected chi connectivity index (χ4v) is 7.18. The standard InChI is InChI=1S/C27H31F2N6O7PS/c1-14(2)40-25(38)15(3)34-43(44,42-18-10-6-8-16-7-4-5-9-17(16)18)39-11-27(26(28)29)21(37)20(36)24(41-27)35-13-33-19-22(30)31-12-32-23(19)35/h4-10,12-15,20-21,24,26,36-37H,11H2,1-3H3,(H,34,44)(H2,30,31,32). The van der Waals surface area contributed by atoms with Crippen molar-refractivity contribution in [3.63, 3.8) is 0 Å². The Hall–Kier alpha value is -3.37. The molecule has 1 saturated heterocycles. The maximum absolute atomic E-state index is 14.9. The van der Waals surface area contributed by atoms with Crippen molar-refractivity contribution >= 4 is 52.2 Å². The van der Waals surface area contributed by atoms with Gasteiger partial charge in [-0.15, -0.1) is 0 Å². The van der Waals surface area contributed by atoms with Crippen molar-refractivity contribution in [2.75, 3.05) is 12.3 Å². The molecular weight excluding hydrogens is 621 g/mol. The summed E-state index contributed by atoms with van der Waals surface area (Å²) in [5.74, 6) is -0.390. The number of esters is 1. The van der Waals surface area contributed by atoms with Crippen LogP contribution in [0.4, 0.5) is 14.6 Å². The average Bonchev–Trinajstić information content (AvgIpc) is 3.52. The summed E-state index contributed by atoms with van der Waals surface area (Å²) in [6.45, 7) is -0.127. The van der Waals surface area contributed by atoms with Gasteiger partial charge in [0.2, 0.25) is 0 Å². The van der Waals surface area contributed by atoms with Gasteiger partial charge in [0, 0.05) is 5.39 Å². The van der Waals surface area contributed by atoms with E-state index in [1.807, 2.05) is 18.2 Å². The van der Waals surface area contributed by atoms with Crippen LogP contribution >= 0.6 is 6.64 Å². The summed E-state index contributed by atoms with van der Waals surface area (Å²) >= 11 is 5.74. The number of nitrogen functional groups attached to an aromatic ring is 1. The third kappa shape index (κ3) is 6.11. The van der Waals surface area contributed by atoms with Crippen LogP contribution in [-0.4, -0.2) is 78.7 Å². The molecule has 3 heterocycles. The fourth-order valence-electron chi connectivity index (χ4n) is 4.75. The van der Waals surface area contributed by atoms with Crippen molar-refractivity contribution in [1.82, 2.24) is 24.6 Å². The topological polar surface area (TPSA) is 176 Å². The van der Waals surface area contributed by atoms with E-state index < -0.39 is 61.8 Å². The number of imidazole rings is 1. The molecule has 13 nitrogen and oxygen atoms in total. The molecule has 1 fully saturated rings. The molecule has 2 aromatic heterocycles. The number of aliphatic hydroxyl groups is 2. The number of fused-ring (bicyclic) bond motifs is 2. The zero-order valence-electron chi connectivity index (χ0n) is 23.8. The lowest BCUT2D eigenvalue weighted by Gasteiger charge is -2.34. The molecule has 1 aliphatic rings. The van der Waals surface area contributed by atoms with Crippen LogP contribution in [0.25, 0.3) is 21.9 Å². The van der Waals surface area contributed by atoms with E-state index in [2.05, 4.69) is 20.0 Å². The highest BCUT2D eigenvalue weighted by molar-refractivity contribution is 8.09. The molecule has 0 radical (unpaired) electrons. The molecule has 0 aliphatic carbocycles. The summed E-state index contributed by atoms with van der Waals surface area (Å²) in [4.78, 5) is 24.6. The third-order valence-electron chi connectivity index (χ3n) is 6.97. The minimum absolute atomic E-state index is 0.0210. The number of nitrogens with one attached hydrogen (secondary N) is 1. The summed E-state index contributed by atoms with van der Waals surface area (Å²) in [6.07, 6.45) is -7.10. The normalized spacial score (nSPS) is 24.2. The summed E-state index contributed by atoms with van der Waals surface area (Å²) in [5.41, 5.74) is 3.28. The van der Waals surface area contributed by atoms with E-state index >= 15 is 0 Å². The number of carbonyl (C=O) groups is 1. The smallest absolute Gasteiger partial charge is 0.323 e. The minimum Gasteiger partial charge on any atom is -0.462 e. The number of aromatic nitrogens is 4. The van der Waals surface area contributed by atoms with Crippen LogP contribution in [0.2, 0.25) is 0 Å². The summed E-state index contributed by atoms with van der Waals surface area (Å²) in [6, 6.07) is 11.3. The first-order valence-corrected chi connectivity index (χ1v) is 16.1. The number of nitrogens with zero attached hydrogens (tertiary/aromatic N) is 4. The number of halogens is 2. The van der Waals surface area contributed by atoms with E-state index in [1.165, 1.54) is 13.3 Å². The monoisotopic (exact) mass is 652 g/mol. The van der Waals surface area contributed by atoms with Gasteiger partial charge in [0.05, 0.1) is 19.0 Å². The molecule has 5 rings (SSSR count). The summed E-state index contributed by atoms with van der Waals surface area (Å²) < 4.78 is 53.9. The Labute approximate surface area is 255 Å². The Morgan fingerprint density at radius 1 is 1.18 bits per heavy atom. The molecule has 4 aromatic rings. The Morgan fingerprint density at radius 2 is 1.91 bits per heavy atom. The molecule has 17 heteroatoms. The van der Waals surface area contributed by atoms with Gasteiger partial charge in [0.1, 0.15) is 35.8 Å². The Kier molecular flexibility index (Phi) is 9.14. The second-order valence-electron chi connectivity index (χ2n) is 10.5. The number of hydrogen-bond acceptors (Lipinski definition) is 12. The maximum atomic E-state index is 14.9. The second-order valence-corrected chi connectivity index (χ2v) is 13.6. The van der Waals surface area contributed by atoms with Crippen LogP contribution in [0.1, 0.15) is 27.0 Å². The largest absolute Gasteiger partial charge is 0.462 e. The number of anilines is 1. The SMILES string of the molecule is CC(C)OC(=O)C(C)NP(=S)(OCC1(C(F)F)OC(n2cnc3c(N)ncnc32)C(O)C1O)Oc1cccc2ccccc12. The number of aliphatic hydroxyl groups excluding tert-OH is 2. The third-order valence-corrected chi connectivity index (χ3v) is 9.44. The van der Waals surface area contributed by atoms with Gasteiger partial charge in [-0.3, -0.25) is 9.36 Å². The average molecular weight is 653 g/mol.